The maximum absolute atomic E-state index is 13.4. The van der Waals surface area contributed by atoms with Gasteiger partial charge in [0.2, 0.25) is 0 Å². The van der Waals surface area contributed by atoms with Crippen molar-refractivity contribution in [3.63, 3.8) is 0 Å². The third kappa shape index (κ3) is 4.40. The standard InChI is InChI=1S/C36H26N2O3/c1-20-4-10-29-21(2)15-27(16-26(29)14-20)30-11-7-24(19-37)22(3)35(30)31-12-13-33(39)36-32(31)17-25(18-34(36)40)23-5-8-28(38-41)9-6-23/h4-15,18,39H,2,16-17H2,1,3H3. The Hall–Kier alpha value is -5.34. The van der Waals surface area contributed by atoms with Gasteiger partial charge in [-0.3, -0.25) is 4.79 Å². The van der Waals surface area contributed by atoms with Crippen molar-refractivity contribution in [2.75, 3.05) is 0 Å². The van der Waals surface area contributed by atoms with Crippen LogP contribution in [0.25, 0.3) is 27.8 Å². The van der Waals surface area contributed by atoms with Crippen molar-refractivity contribution in [3.05, 3.63) is 140 Å². The normalized spacial score (nSPS) is 14.0. The Morgan fingerprint density at radius 1 is 0.854 bits per heavy atom. The van der Waals surface area contributed by atoms with Crippen molar-refractivity contribution in [3.8, 4) is 22.9 Å². The smallest absolute Gasteiger partial charge is 0.190 e. The van der Waals surface area contributed by atoms with E-state index in [9.17, 15) is 20.1 Å². The van der Waals surface area contributed by atoms with Gasteiger partial charge >= 0.3 is 0 Å². The van der Waals surface area contributed by atoms with E-state index < -0.39 is 0 Å². The van der Waals surface area contributed by atoms with Gasteiger partial charge in [0.1, 0.15) is 11.4 Å². The molecule has 0 atom stereocenters. The van der Waals surface area contributed by atoms with Crippen LogP contribution in [0.4, 0.5) is 5.69 Å². The summed E-state index contributed by atoms with van der Waals surface area (Å²) in [6, 6.07) is 22.7. The molecule has 41 heavy (non-hydrogen) atoms. The van der Waals surface area contributed by atoms with Crippen molar-refractivity contribution in [2.24, 2.45) is 5.18 Å². The van der Waals surface area contributed by atoms with Crippen LogP contribution in [-0.4, -0.2) is 10.9 Å². The molecule has 0 aromatic heterocycles. The summed E-state index contributed by atoms with van der Waals surface area (Å²) >= 11 is 0. The van der Waals surface area contributed by atoms with Crippen LogP contribution < -0.4 is 0 Å². The predicted molar refractivity (Wildman–Crippen MR) is 163 cm³/mol. The van der Waals surface area contributed by atoms with E-state index in [1.807, 2.05) is 25.1 Å². The van der Waals surface area contributed by atoms with Crippen LogP contribution in [0.15, 0.2) is 90.6 Å². The first-order chi connectivity index (χ1) is 19.8. The maximum Gasteiger partial charge on any atom is 0.190 e. The molecule has 0 spiro atoms. The van der Waals surface area contributed by atoms with Gasteiger partial charge in [0.15, 0.2) is 5.78 Å². The third-order valence-corrected chi connectivity index (χ3v) is 8.09. The molecule has 2 aliphatic carbocycles. The third-order valence-electron chi connectivity index (χ3n) is 8.09. The number of phenols is 1. The Morgan fingerprint density at radius 3 is 2.32 bits per heavy atom. The van der Waals surface area contributed by atoms with Crippen LogP contribution in [0.3, 0.4) is 0 Å². The molecule has 2 aliphatic rings. The Kier molecular flexibility index (Phi) is 6.32. The molecule has 0 fully saturated rings. The number of fused-ring (bicyclic) bond motifs is 2. The first-order valence-electron chi connectivity index (χ1n) is 13.4. The van der Waals surface area contributed by atoms with Crippen molar-refractivity contribution in [1.29, 1.82) is 5.26 Å². The monoisotopic (exact) mass is 534 g/mol. The minimum absolute atomic E-state index is 0.0742. The van der Waals surface area contributed by atoms with E-state index >= 15 is 0 Å². The molecule has 0 amide bonds. The van der Waals surface area contributed by atoms with Gasteiger partial charge in [-0.1, -0.05) is 60.7 Å². The molecule has 198 valence electrons. The Labute approximate surface area is 238 Å². The van der Waals surface area contributed by atoms with Crippen molar-refractivity contribution in [2.45, 2.75) is 26.7 Å². The van der Waals surface area contributed by atoms with Gasteiger partial charge in [0, 0.05) is 0 Å². The number of carbonyl (C=O) groups excluding carboxylic acids is 1. The van der Waals surface area contributed by atoms with Gasteiger partial charge in [0.05, 0.1) is 17.2 Å². The first-order valence-corrected chi connectivity index (χ1v) is 13.4. The molecule has 5 heteroatoms. The van der Waals surface area contributed by atoms with Crippen LogP contribution in [0.5, 0.6) is 5.75 Å². The number of allylic oxidation sites excluding steroid dienone is 5. The predicted octanol–water partition coefficient (Wildman–Crippen LogP) is 8.42. The summed E-state index contributed by atoms with van der Waals surface area (Å²) in [4.78, 5) is 24.3. The second kappa shape index (κ2) is 10.0. The fourth-order valence-electron chi connectivity index (χ4n) is 6.07. The maximum atomic E-state index is 13.4. The number of benzene rings is 4. The lowest BCUT2D eigenvalue weighted by molar-refractivity contribution is 0.104. The highest BCUT2D eigenvalue weighted by Gasteiger charge is 2.28. The van der Waals surface area contributed by atoms with Crippen LogP contribution in [0.1, 0.15) is 54.9 Å². The fraction of sp³-hybridized carbons (Fsp3) is 0.111. The zero-order valence-corrected chi connectivity index (χ0v) is 22.8. The Bertz CT molecular complexity index is 1920. The summed E-state index contributed by atoms with van der Waals surface area (Å²) in [7, 11) is 0. The van der Waals surface area contributed by atoms with Gasteiger partial charge in [-0.25, -0.2) is 0 Å². The number of hydrogen-bond acceptors (Lipinski definition) is 5. The molecule has 0 unspecified atom stereocenters. The van der Waals surface area contributed by atoms with Crippen LogP contribution in [0, 0.1) is 30.1 Å². The lowest BCUT2D eigenvalue weighted by Crippen LogP contribution is -2.12. The average molecular weight is 535 g/mol. The van der Waals surface area contributed by atoms with Gasteiger partial charge in [-0.2, -0.15) is 5.26 Å². The summed E-state index contributed by atoms with van der Waals surface area (Å²) < 4.78 is 0. The average Bonchev–Trinajstić information content (AvgIpc) is 2.97. The van der Waals surface area contributed by atoms with Gasteiger partial charge in [-0.15, -0.1) is 4.91 Å². The summed E-state index contributed by atoms with van der Waals surface area (Å²) in [5, 5.41) is 23.7. The fourth-order valence-corrected chi connectivity index (χ4v) is 6.07. The number of phenolic OH excluding ortho intramolecular Hbond substituents is 1. The number of nitrogens with zero attached hydrogens (tertiary/aromatic N) is 2. The van der Waals surface area contributed by atoms with Crippen LogP contribution in [-0.2, 0) is 12.8 Å². The molecule has 6 rings (SSSR count). The lowest BCUT2D eigenvalue weighted by atomic mass is 9.77. The van der Waals surface area contributed by atoms with E-state index in [1.54, 1.807) is 36.4 Å². The van der Waals surface area contributed by atoms with E-state index in [0.717, 1.165) is 50.1 Å². The SMILES string of the molecule is C=C1C=C(c2ccc(C#N)c(C)c2-c2ccc(O)c3c2CC(c2ccc(N=O)cc2)=CC3=O)Cc2cc(C)ccc21. The molecule has 0 saturated carbocycles. The lowest BCUT2D eigenvalue weighted by Gasteiger charge is -2.26. The largest absolute Gasteiger partial charge is 0.507 e. The van der Waals surface area contributed by atoms with E-state index in [2.05, 4.69) is 49.0 Å². The molecule has 0 radical (unpaired) electrons. The second-order valence-electron chi connectivity index (χ2n) is 10.6. The number of nitroso groups, excluding NO2 is 1. The van der Waals surface area contributed by atoms with Crippen molar-refractivity contribution >= 4 is 28.2 Å². The zero-order chi connectivity index (χ0) is 28.8. The minimum Gasteiger partial charge on any atom is -0.507 e. The molecule has 0 saturated heterocycles. The van der Waals surface area contributed by atoms with E-state index in [1.165, 1.54) is 11.1 Å². The summed E-state index contributed by atoms with van der Waals surface area (Å²) in [6.45, 7) is 8.33. The van der Waals surface area contributed by atoms with E-state index in [0.29, 0.717) is 29.7 Å². The molecule has 4 aromatic rings. The topological polar surface area (TPSA) is 90.5 Å². The molecule has 5 nitrogen and oxygen atoms in total. The van der Waals surface area contributed by atoms with E-state index in [-0.39, 0.29) is 17.1 Å². The van der Waals surface area contributed by atoms with Crippen LogP contribution in [0.2, 0.25) is 0 Å². The first kappa shape index (κ1) is 25.9. The summed E-state index contributed by atoms with van der Waals surface area (Å²) in [5.74, 6) is -0.363. The van der Waals surface area contributed by atoms with E-state index in [4.69, 9.17) is 0 Å². The van der Waals surface area contributed by atoms with Gasteiger partial charge in [0.25, 0.3) is 0 Å². The van der Waals surface area contributed by atoms with Gasteiger partial charge < -0.3 is 5.11 Å². The number of aromatic hydroxyl groups is 1. The highest BCUT2D eigenvalue weighted by Crippen LogP contribution is 2.44. The minimum atomic E-state index is -0.288. The van der Waals surface area contributed by atoms with Gasteiger partial charge in [-0.05, 0) is 123 Å². The summed E-state index contributed by atoms with van der Waals surface area (Å²) in [6.07, 6.45) is 4.74. The number of rotatable bonds is 4. The van der Waals surface area contributed by atoms with Crippen molar-refractivity contribution in [1.82, 2.24) is 0 Å². The highest BCUT2D eigenvalue weighted by atomic mass is 16.3. The summed E-state index contributed by atoms with van der Waals surface area (Å²) in [5.41, 5.74) is 12.4. The molecule has 0 bridgehead atoms. The highest BCUT2D eigenvalue weighted by molar-refractivity contribution is 6.15. The number of aryl methyl sites for hydroxylation is 1. The van der Waals surface area contributed by atoms with Crippen molar-refractivity contribution < 1.29 is 9.90 Å². The molecule has 4 aromatic carbocycles. The molecule has 1 N–H and O–H groups in total. The number of hydrogen-bond donors (Lipinski definition) is 1. The molecule has 0 aliphatic heterocycles. The molecular weight excluding hydrogens is 508 g/mol. The number of ketones is 1. The molecular formula is C36H26N2O3. The Morgan fingerprint density at radius 2 is 1.59 bits per heavy atom. The second-order valence-corrected chi connectivity index (χ2v) is 10.6. The number of nitriles is 1. The Balaban J connectivity index is 1.55. The quantitative estimate of drug-likeness (QED) is 0.266. The zero-order valence-electron chi connectivity index (χ0n) is 22.8. The molecule has 0 heterocycles. The number of carbonyl (C=O) groups is 1. The van der Waals surface area contributed by atoms with Crippen LogP contribution >= 0.6 is 0 Å².